The third-order valence-corrected chi connectivity index (χ3v) is 22.0. The van der Waals surface area contributed by atoms with Gasteiger partial charge in [0.1, 0.15) is 5.75 Å². The molecule has 9 amide bonds. The van der Waals surface area contributed by atoms with Crippen molar-refractivity contribution < 1.29 is 97.1 Å². The zero-order valence-corrected chi connectivity index (χ0v) is 74.8. The highest BCUT2D eigenvalue weighted by Crippen LogP contribution is 2.27. The number of guanidine groups is 2. The molecule has 1 aromatic rings. The first kappa shape index (κ1) is 113. The summed E-state index contributed by atoms with van der Waals surface area (Å²) in [7, 11) is 0. The number of ketones is 6. The van der Waals surface area contributed by atoms with E-state index in [4.69, 9.17) is 51.6 Å². The van der Waals surface area contributed by atoms with Gasteiger partial charge in [0.05, 0.1) is 67.2 Å². The number of carbonyl (C=O) groups excluding carboxylic acids is 15. The molecule has 37 heteroatoms. The van der Waals surface area contributed by atoms with E-state index < -0.39 is 249 Å². The summed E-state index contributed by atoms with van der Waals surface area (Å²) in [5, 5.41) is 57.0. The van der Waals surface area contributed by atoms with Gasteiger partial charge in [-0.15, -0.1) is 0 Å². The van der Waals surface area contributed by atoms with Crippen LogP contribution in [0.25, 0.3) is 0 Å². The fraction of sp³-hybridized carbons (Fsp3) is 0.727. The van der Waals surface area contributed by atoms with Gasteiger partial charge in [0, 0.05) is 94.5 Å². The highest BCUT2D eigenvalue weighted by atomic mass is 16.4. The highest BCUT2D eigenvalue weighted by molar-refractivity contribution is 6.00. The number of phenolic OH excluding ortho intramolecular Hbond substituents is 1. The number of phenols is 1. The minimum atomic E-state index is -1.68. The third-order valence-electron chi connectivity index (χ3n) is 22.0. The number of carboxylic acid groups (broad SMARTS) is 1. The maximum atomic E-state index is 15.2. The normalized spacial score (nSPS) is 14.5. The number of carboxylic acids is 1. The van der Waals surface area contributed by atoms with Crippen LogP contribution in [-0.2, 0) is 83.1 Å². The number of primary amides is 3. The molecule has 0 saturated heterocycles. The van der Waals surface area contributed by atoms with Crippen molar-refractivity contribution >= 4 is 106 Å². The number of amides is 9. The Labute approximate surface area is 736 Å². The lowest BCUT2D eigenvalue weighted by Gasteiger charge is -2.28. The summed E-state index contributed by atoms with van der Waals surface area (Å²) in [4.78, 5) is 231. The largest absolute Gasteiger partial charge is 0.508 e. The van der Waals surface area contributed by atoms with Crippen molar-refractivity contribution in [1.82, 2.24) is 31.9 Å². The molecule has 0 aliphatic heterocycles. The number of unbranched alkanes of at least 4 members (excludes halogenated alkanes) is 14. The first-order chi connectivity index (χ1) is 59.2. The van der Waals surface area contributed by atoms with Gasteiger partial charge in [0.2, 0.25) is 53.2 Å². The van der Waals surface area contributed by atoms with Crippen LogP contribution in [0.1, 0.15) is 285 Å². The van der Waals surface area contributed by atoms with Gasteiger partial charge in [-0.3, -0.25) is 86.7 Å². The first-order valence-electron chi connectivity index (χ1n) is 44.8. The second-order valence-electron chi connectivity index (χ2n) is 34.1. The molecule has 0 aliphatic rings. The minimum absolute atomic E-state index is 0.00265. The van der Waals surface area contributed by atoms with Crippen molar-refractivity contribution in [2.75, 3.05) is 32.8 Å². The van der Waals surface area contributed by atoms with E-state index in [-0.39, 0.29) is 120 Å². The molecule has 0 bridgehead atoms. The molecule has 0 aromatic heterocycles. The van der Waals surface area contributed by atoms with E-state index in [9.17, 15) is 82.8 Å². The number of aliphatic hydroxyl groups excluding tert-OH is 2. The number of aliphatic hydroxyl groups is 2. The summed E-state index contributed by atoms with van der Waals surface area (Å²) >= 11 is 0. The zero-order valence-electron chi connectivity index (χ0n) is 74.8. The fourth-order valence-electron chi connectivity index (χ4n) is 14.8. The molecule has 0 saturated carbocycles. The SMILES string of the molecule is CCCCCCCCCCCCCCCC(=O)N[C@@H](CC(=O)O)C(=O)C[C@H](C(=O)N[C@@H](CCCN=C(N)N)C(=O)C[C@@H](CCC(N)=O)C(=O)N[C@@H](CCC(N)=O)C(=O)C[C@@H](Cc1ccc(O)cc1)C(=O)N[C@@H](CCCN=C(N)N)C(=O)C[C@@H](CCCCN)C(=O)N[C@@H](CC(C)C)C(=O)C[C@@H](CC(C)C)C(=O)N[C@@H](CCCCN)C(=O)C[C@@H](CO)C(N)=O)[C@@H](C)O. The second kappa shape index (κ2) is 64.8. The summed E-state index contributed by atoms with van der Waals surface area (Å²) in [6, 6.07) is -3.05. The summed E-state index contributed by atoms with van der Waals surface area (Å²) < 4.78 is 0. The molecule has 708 valence electrons. The maximum Gasteiger partial charge on any atom is 0.305 e. The number of nitrogens with two attached hydrogens (primary N) is 9. The molecule has 0 spiro atoms. The fourth-order valence-corrected chi connectivity index (χ4v) is 14.8. The monoisotopic (exact) mass is 1770 g/mol. The summed E-state index contributed by atoms with van der Waals surface area (Å²) in [6.45, 7) is 10.3. The van der Waals surface area contributed by atoms with Gasteiger partial charge < -0.3 is 104 Å². The zero-order chi connectivity index (χ0) is 94.1. The molecule has 1 rings (SSSR count). The Bertz CT molecular complexity index is 3590. The summed E-state index contributed by atoms with van der Waals surface area (Å²) in [5.41, 5.74) is 51.2. The molecule has 125 heavy (non-hydrogen) atoms. The molecule has 28 N–H and O–H groups in total. The number of hydrogen-bond donors (Lipinski definition) is 19. The number of nitrogens with zero attached hydrogens (tertiary/aromatic N) is 2. The number of aliphatic imine (C=N–C) groups is 2. The first-order valence-corrected chi connectivity index (χ1v) is 44.8. The van der Waals surface area contributed by atoms with Crippen molar-refractivity contribution in [3.05, 3.63) is 29.8 Å². The van der Waals surface area contributed by atoms with Crippen molar-refractivity contribution in [2.45, 2.75) is 328 Å². The van der Waals surface area contributed by atoms with Crippen molar-refractivity contribution in [3.8, 4) is 5.75 Å². The van der Waals surface area contributed by atoms with Crippen molar-refractivity contribution in [1.29, 1.82) is 0 Å². The predicted octanol–water partition coefficient (Wildman–Crippen LogP) is 3.10. The minimum Gasteiger partial charge on any atom is -0.508 e. The van der Waals surface area contributed by atoms with Crippen LogP contribution in [0.15, 0.2) is 34.3 Å². The Morgan fingerprint density at radius 3 is 1.18 bits per heavy atom. The Kier molecular flexibility index (Phi) is 58.6. The second-order valence-corrected chi connectivity index (χ2v) is 34.1. The lowest BCUT2D eigenvalue weighted by atomic mass is 9.86. The standard InChI is InChI=1S/C88H151N17O20/c1-7-8-9-10-11-12-13-14-15-16-17-18-19-30-79(117)100-70(52-80(118)119)76(114)51-64(56(6)107)86(125)104-67(29-25-42-99-88(96)97)72(110)47-59(33-37-77(91)115)83(122)103-68(36-38-78(92)116)73(111)49-61(45-57-31-34-63(108)35-32-57)85(124)102-66(28-24-41-98-87(94)95)71(109)46-58(26-20-22-39-89)82(121)105-69(44-55(4)5)75(113)48-60(43-54(2)3)84(123)101-65(27-21-23-40-90)74(112)50-62(53-106)81(93)120/h31-32,34-35,54-56,58-62,64-70,106-108H,7-30,33,36-53,89-90H2,1-6H3,(H2,91,115)(H2,92,116)(H2,93,120)(H,100,117)(H,101,123)(H,102,124)(H,103,122)(H,104,125)(H,105,121)(H,118,119)(H4,94,95,98)(H4,96,97,99)/t56-,58-,59-,60-,61-,62+,64+,65+,66+,67+,68+,69+,70+/m1/s1. The lowest BCUT2D eigenvalue weighted by Crippen LogP contribution is -2.50. The quantitative estimate of drug-likeness (QED) is 0.0253. The molecule has 1 aromatic carbocycles. The Balaban J connectivity index is 3.88. The van der Waals surface area contributed by atoms with Gasteiger partial charge in [-0.1, -0.05) is 130 Å². The molecule has 37 nitrogen and oxygen atoms in total. The summed E-state index contributed by atoms with van der Waals surface area (Å²) in [5.74, 6) is -22.8. The average molecular weight is 1770 g/mol. The van der Waals surface area contributed by atoms with Crippen LogP contribution in [0.5, 0.6) is 5.75 Å². The van der Waals surface area contributed by atoms with Gasteiger partial charge in [-0.25, -0.2) is 0 Å². The molecular weight excluding hydrogens is 1620 g/mol. The van der Waals surface area contributed by atoms with E-state index in [1.807, 2.05) is 27.7 Å². The number of hydrogen-bond acceptors (Lipinski definition) is 23. The van der Waals surface area contributed by atoms with E-state index in [1.54, 1.807) is 0 Å². The summed E-state index contributed by atoms with van der Waals surface area (Å²) in [6.07, 6.45) is 7.06. The molecule has 13 atom stereocenters. The van der Waals surface area contributed by atoms with Gasteiger partial charge in [0.25, 0.3) is 0 Å². The van der Waals surface area contributed by atoms with Crippen molar-refractivity contribution in [3.63, 3.8) is 0 Å². The lowest BCUT2D eigenvalue weighted by molar-refractivity contribution is -0.141. The number of aliphatic carboxylic acids is 1. The van der Waals surface area contributed by atoms with E-state index in [1.165, 1.54) is 76.1 Å². The third kappa shape index (κ3) is 51.4. The van der Waals surface area contributed by atoms with E-state index in [0.717, 1.165) is 32.1 Å². The van der Waals surface area contributed by atoms with Crippen LogP contribution in [-0.4, -0.2) is 201 Å². The topological polar surface area (TPSA) is 685 Å². The molecule has 0 unspecified atom stereocenters. The number of benzene rings is 1. The highest BCUT2D eigenvalue weighted by Gasteiger charge is 2.39. The van der Waals surface area contributed by atoms with E-state index >= 15 is 14.4 Å². The maximum absolute atomic E-state index is 15.2. The van der Waals surface area contributed by atoms with Crippen molar-refractivity contribution in [2.24, 2.45) is 109 Å². The van der Waals surface area contributed by atoms with E-state index in [2.05, 4.69) is 48.8 Å². The molecule has 0 fully saturated rings. The molecule has 0 aliphatic carbocycles. The van der Waals surface area contributed by atoms with Gasteiger partial charge in [-0.2, -0.15) is 0 Å². The van der Waals surface area contributed by atoms with E-state index in [0.29, 0.717) is 37.7 Å². The number of Topliss-reactive ketones (excluding diaryl/α,β-unsaturated/α-hetero) is 6. The predicted molar refractivity (Wildman–Crippen MR) is 474 cm³/mol. The number of carbonyl (C=O) groups is 16. The smallest absolute Gasteiger partial charge is 0.305 e. The number of nitrogens with one attached hydrogen (secondary N) is 6. The van der Waals surface area contributed by atoms with Crippen LogP contribution in [0.3, 0.4) is 0 Å². The van der Waals surface area contributed by atoms with Crippen LogP contribution in [0.2, 0.25) is 0 Å². The molecular formula is C88H151N17O20. The molecule has 0 radical (unpaired) electrons. The Morgan fingerprint density at radius 1 is 0.376 bits per heavy atom. The van der Waals surface area contributed by atoms with Crippen LogP contribution < -0.4 is 83.5 Å². The van der Waals surface area contributed by atoms with Gasteiger partial charge in [-0.05, 0) is 146 Å². The number of rotatable bonds is 76. The number of aromatic hydroxyl groups is 1. The van der Waals surface area contributed by atoms with Crippen LogP contribution >= 0.6 is 0 Å². The van der Waals surface area contributed by atoms with Gasteiger partial charge >= 0.3 is 5.97 Å². The average Bonchev–Trinajstić information content (AvgIpc) is 0.851. The Hall–Kier alpha value is -9.88. The molecule has 0 heterocycles. The Morgan fingerprint density at radius 2 is 0.752 bits per heavy atom. The van der Waals surface area contributed by atoms with Crippen LogP contribution in [0.4, 0.5) is 0 Å². The van der Waals surface area contributed by atoms with Crippen LogP contribution in [0, 0.1) is 47.3 Å². The van der Waals surface area contributed by atoms with Gasteiger partial charge in [0.15, 0.2) is 46.6 Å².